The normalized spacial score (nSPS) is 20.8. The van der Waals surface area contributed by atoms with E-state index in [2.05, 4.69) is 48.4 Å². The van der Waals surface area contributed by atoms with Crippen molar-refractivity contribution in [2.75, 3.05) is 23.7 Å². The first-order valence-corrected chi connectivity index (χ1v) is 8.68. The number of benzene rings is 1. The second-order valence-electron chi connectivity index (χ2n) is 7.28. The summed E-state index contributed by atoms with van der Waals surface area (Å²) in [5.74, 6) is 2.29. The second-order valence-corrected chi connectivity index (χ2v) is 7.28. The maximum atomic E-state index is 9.56. The Morgan fingerprint density at radius 2 is 1.88 bits per heavy atom. The number of aromatic nitrogens is 1. The van der Waals surface area contributed by atoms with E-state index >= 15 is 0 Å². The van der Waals surface area contributed by atoms with Gasteiger partial charge in [0.15, 0.2) is 0 Å². The SMILES string of the molecule is Cc1ccccc1Cn1c(C#N)cc(N)c1N1C[C@@H](C)C[C@H](C)C1. The Balaban J connectivity index is 2.02. The molecule has 2 heterocycles. The van der Waals surface area contributed by atoms with Crippen molar-refractivity contribution in [3.8, 4) is 6.07 Å². The fourth-order valence-corrected chi connectivity index (χ4v) is 3.96. The van der Waals surface area contributed by atoms with Gasteiger partial charge in [-0.2, -0.15) is 5.26 Å². The molecule has 126 valence electrons. The zero-order valence-corrected chi connectivity index (χ0v) is 14.8. The molecule has 1 aliphatic heterocycles. The van der Waals surface area contributed by atoms with E-state index in [0.29, 0.717) is 29.8 Å². The number of aryl methyl sites for hydroxylation is 1. The number of nitrogens with zero attached hydrogens (tertiary/aromatic N) is 3. The molecule has 3 rings (SSSR count). The molecule has 2 N–H and O–H groups in total. The van der Waals surface area contributed by atoms with Gasteiger partial charge in [0.05, 0.1) is 12.2 Å². The zero-order valence-electron chi connectivity index (χ0n) is 14.8. The van der Waals surface area contributed by atoms with Crippen molar-refractivity contribution in [2.24, 2.45) is 11.8 Å². The van der Waals surface area contributed by atoms with Crippen LogP contribution in [0.3, 0.4) is 0 Å². The van der Waals surface area contributed by atoms with Crippen molar-refractivity contribution in [2.45, 2.75) is 33.7 Å². The third kappa shape index (κ3) is 3.12. The Hall–Kier alpha value is -2.41. The molecule has 0 unspecified atom stereocenters. The van der Waals surface area contributed by atoms with Crippen LogP contribution >= 0.6 is 0 Å². The van der Waals surface area contributed by atoms with Crippen LogP contribution in [0.5, 0.6) is 0 Å². The summed E-state index contributed by atoms with van der Waals surface area (Å²) in [5, 5.41) is 9.56. The highest BCUT2D eigenvalue weighted by Crippen LogP contribution is 2.33. The lowest BCUT2D eigenvalue weighted by Gasteiger charge is -2.37. The Kier molecular flexibility index (Phi) is 4.53. The third-order valence-electron chi connectivity index (χ3n) is 4.97. The third-order valence-corrected chi connectivity index (χ3v) is 4.97. The van der Waals surface area contributed by atoms with Crippen LogP contribution in [-0.2, 0) is 6.54 Å². The van der Waals surface area contributed by atoms with Crippen LogP contribution in [0.4, 0.5) is 11.5 Å². The lowest BCUT2D eigenvalue weighted by molar-refractivity contribution is 0.353. The molecular weight excluding hydrogens is 296 g/mol. The largest absolute Gasteiger partial charge is 0.396 e. The molecule has 2 aromatic rings. The van der Waals surface area contributed by atoms with E-state index < -0.39 is 0 Å². The summed E-state index contributed by atoms with van der Waals surface area (Å²) in [5.41, 5.74) is 10.1. The summed E-state index contributed by atoms with van der Waals surface area (Å²) in [6.07, 6.45) is 1.25. The van der Waals surface area contributed by atoms with Crippen molar-refractivity contribution >= 4 is 11.5 Å². The average Bonchev–Trinajstić information content (AvgIpc) is 2.84. The van der Waals surface area contributed by atoms with Crippen molar-refractivity contribution in [1.29, 1.82) is 5.26 Å². The summed E-state index contributed by atoms with van der Waals surface area (Å²) in [4.78, 5) is 2.37. The van der Waals surface area contributed by atoms with Gasteiger partial charge in [-0.15, -0.1) is 0 Å². The first-order chi connectivity index (χ1) is 11.5. The quantitative estimate of drug-likeness (QED) is 0.935. The number of nitrogens with two attached hydrogens (primary N) is 1. The number of anilines is 2. The Labute approximate surface area is 144 Å². The van der Waals surface area contributed by atoms with Crippen molar-refractivity contribution in [1.82, 2.24) is 4.57 Å². The maximum absolute atomic E-state index is 9.56. The molecule has 0 aliphatic carbocycles. The molecular formula is C20H26N4. The van der Waals surface area contributed by atoms with E-state index in [4.69, 9.17) is 5.73 Å². The van der Waals surface area contributed by atoms with E-state index in [0.717, 1.165) is 18.9 Å². The molecule has 1 aromatic heterocycles. The monoisotopic (exact) mass is 322 g/mol. The van der Waals surface area contributed by atoms with Gasteiger partial charge in [0.25, 0.3) is 0 Å². The van der Waals surface area contributed by atoms with E-state index in [1.807, 2.05) is 18.2 Å². The number of hydrogen-bond acceptors (Lipinski definition) is 3. The minimum atomic E-state index is 0.636. The lowest BCUT2D eigenvalue weighted by Crippen LogP contribution is -2.40. The molecule has 2 atom stereocenters. The smallest absolute Gasteiger partial charge is 0.133 e. The van der Waals surface area contributed by atoms with E-state index in [1.54, 1.807) is 0 Å². The molecule has 4 heteroatoms. The van der Waals surface area contributed by atoms with Gasteiger partial charge in [-0.1, -0.05) is 38.1 Å². The Bertz CT molecular complexity index is 758. The zero-order chi connectivity index (χ0) is 17.3. The highest BCUT2D eigenvalue weighted by atomic mass is 15.3. The molecule has 1 fully saturated rings. The molecule has 1 saturated heterocycles. The highest BCUT2D eigenvalue weighted by molar-refractivity contribution is 5.68. The topological polar surface area (TPSA) is 58.0 Å². The number of rotatable bonds is 3. The van der Waals surface area contributed by atoms with Gasteiger partial charge in [-0.25, -0.2) is 0 Å². The highest BCUT2D eigenvalue weighted by Gasteiger charge is 2.27. The summed E-state index contributed by atoms with van der Waals surface area (Å²) in [6, 6.07) is 12.5. The van der Waals surface area contributed by atoms with Crippen LogP contribution < -0.4 is 10.6 Å². The Morgan fingerprint density at radius 1 is 1.21 bits per heavy atom. The van der Waals surface area contributed by atoms with Crippen LogP contribution in [0.25, 0.3) is 0 Å². The summed E-state index contributed by atoms with van der Waals surface area (Å²) in [7, 11) is 0. The minimum Gasteiger partial charge on any atom is -0.396 e. The molecule has 0 bridgehead atoms. The number of nitriles is 1. The van der Waals surface area contributed by atoms with E-state index in [-0.39, 0.29) is 0 Å². The van der Waals surface area contributed by atoms with E-state index in [9.17, 15) is 5.26 Å². The fourth-order valence-electron chi connectivity index (χ4n) is 3.96. The van der Waals surface area contributed by atoms with Crippen LogP contribution in [-0.4, -0.2) is 17.7 Å². The molecule has 4 nitrogen and oxygen atoms in total. The molecule has 24 heavy (non-hydrogen) atoms. The standard InChI is InChI=1S/C20H26N4/c1-14-8-15(2)12-23(11-14)20-19(22)9-18(10-21)24(20)13-17-7-5-4-6-16(17)3/h4-7,9,14-15H,8,11-13,22H2,1-3H3/t14-,15-/m0/s1. The van der Waals surface area contributed by atoms with Crippen LogP contribution in [0.15, 0.2) is 30.3 Å². The summed E-state index contributed by atoms with van der Waals surface area (Å²) >= 11 is 0. The first-order valence-electron chi connectivity index (χ1n) is 8.68. The van der Waals surface area contributed by atoms with Gasteiger partial charge in [0, 0.05) is 13.1 Å². The van der Waals surface area contributed by atoms with Gasteiger partial charge in [0.2, 0.25) is 0 Å². The maximum Gasteiger partial charge on any atom is 0.133 e. The van der Waals surface area contributed by atoms with Crippen molar-refractivity contribution < 1.29 is 0 Å². The predicted molar refractivity (Wildman–Crippen MR) is 99.0 cm³/mol. The molecule has 1 aromatic carbocycles. The van der Waals surface area contributed by atoms with Crippen LogP contribution in [0.2, 0.25) is 0 Å². The van der Waals surface area contributed by atoms with Gasteiger partial charge in [-0.05, 0) is 42.4 Å². The van der Waals surface area contributed by atoms with Crippen LogP contribution in [0.1, 0.15) is 37.1 Å². The van der Waals surface area contributed by atoms with Crippen molar-refractivity contribution in [3.63, 3.8) is 0 Å². The number of nitrogen functional groups attached to an aromatic ring is 1. The van der Waals surface area contributed by atoms with Gasteiger partial charge in [-0.3, -0.25) is 0 Å². The Morgan fingerprint density at radius 3 is 2.50 bits per heavy atom. The van der Waals surface area contributed by atoms with E-state index in [1.165, 1.54) is 17.5 Å². The first kappa shape index (κ1) is 16.4. The molecule has 1 aliphatic rings. The van der Waals surface area contributed by atoms with Gasteiger partial charge < -0.3 is 15.2 Å². The van der Waals surface area contributed by atoms with Gasteiger partial charge in [0.1, 0.15) is 17.6 Å². The molecule has 0 radical (unpaired) electrons. The summed E-state index contributed by atoms with van der Waals surface area (Å²) in [6.45, 7) is 9.37. The predicted octanol–water partition coefficient (Wildman–Crippen LogP) is 3.78. The number of hydrogen-bond donors (Lipinski definition) is 1. The lowest BCUT2D eigenvalue weighted by atomic mass is 9.92. The van der Waals surface area contributed by atoms with Crippen molar-refractivity contribution in [3.05, 3.63) is 47.2 Å². The summed E-state index contributed by atoms with van der Waals surface area (Å²) < 4.78 is 2.09. The number of piperidine rings is 1. The fraction of sp³-hybridized carbons (Fsp3) is 0.450. The molecule has 0 amide bonds. The van der Waals surface area contributed by atoms with Crippen LogP contribution in [0, 0.1) is 30.1 Å². The average molecular weight is 322 g/mol. The second kappa shape index (κ2) is 6.60. The molecule has 0 saturated carbocycles. The molecule has 0 spiro atoms. The minimum absolute atomic E-state index is 0.636. The van der Waals surface area contributed by atoms with Gasteiger partial charge >= 0.3 is 0 Å².